The Morgan fingerprint density at radius 2 is 2.07 bits per heavy atom. The van der Waals surface area contributed by atoms with Crippen LogP contribution < -0.4 is 5.32 Å². The predicted molar refractivity (Wildman–Crippen MR) is 61.6 cm³/mol. The number of ketones is 1. The molecule has 4 heteroatoms. The van der Waals surface area contributed by atoms with Crippen LogP contribution in [0.1, 0.15) is 20.8 Å². The lowest BCUT2D eigenvalue weighted by Crippen LogP contribution is -2.26. The molecule has 15 heavy (non-hydrogen) atoms. The molecule has 1 unspecified atom stereocenters. The van der Waals surface area contributed by atoms with Crippen molar-refractivity contribution in [1.82, 2.24) is 5.32 Å². The number of rotatable bonds is 6. The molecule has 0 fully saturated rings. The highest BCUT2D eigenvalue weighted by molar-refractivity contribution is 6.22. The summed E-state index contributed by atoms with van der Waals surface area (Å²) in [7, 11) is 0. The molecule has 0 aliphatic carbocycles. The molecular weight excluding hydrogens is 214 g/mol. The van der Waals surface area contributed by atoms with Crippen LogP contribution in [0.4, 0.5) is 0 Å². The van der Waals surface area contributed by atoms with E-state index in [1.807, 2.05) is 0 Å². The topological polar surface area (TPSA) is 46.2 Å². The Morgan fingerprint density at radius 3 is 2.33 bits per heavy atom. The molecule has 0 saturated carbocycles. The number of Topliss-reactive ketones (excluding diaryl/α,β-unsaturated/α-hetero) is 1. The van der Waals surface area contributed by atoms with Crippen molar-refractivity contribution in [2.75, 3.05) is 0 Å². The van der Waals surface area contributed by atoms with E-state index in [-0.39, 0.29) is 11.2 Å². The zero-order valence-electron chi connectivity index (χ0n) is 9.21. The van der Waals surface area contributed by atoms with E-state index in [1.165, 1.54) is 6.92 Å². The molecule has 3 nitrogen and oxygen atoms in total. The van der Waals surface area contributed by atoms with Gasteiger partial charge in [0.15, 0.2) is 0 Å². The van der Waals surface area contributed by atoms with Gasteiger partial charge >= 0.3 is 0 Å². The predicted octanol–water partition coefficient (Wildman–Crippen LogP) is 2.02. The Kier molecular flexibility index (Phi) is 5.94. The maximum atomic E-state index is 11.4. The van der Waals surface area contributed by atoms with E-state index in [2.05, 4.69) is 11.9 Å². The van der Waals surface area contributed by atoms with Crippen molar-refractivity contribution in [1.29, 1.82) is 0 Å². The number of amides is 1. The van der Waals surface area contributed by atoms with Gasteiger partial charge in [0.05, 0.1) is 5.92 Å². The summed E-state index contributed by atoms with van der Waals surface area (Å²) < 4.78 is 0. The first kappa shape index (κ1) is 13.9. The lowest BCUT2D eigenvalue weighted by atomic mass is 9.91. The van der Waals surface area contributed by atoms with Gasteiger partial charge in [-0.25, -0.2) is 0 Å². The Balaban J connectivity index is 4.92. The van der Waals surface area contributed by atoms with Crippen molar-refractivity contribution in [3.05, 3.63) is 23.9 Å². The summed E-state index contributed by atoms with van der Waals surface area (Å²) in [6, 6.07) is 0. The largest absolute Gasteiger partial charge is 0.329 e. The summed E-state index contributed by atoms with van der Waals surface area (Å²) >= 11 is 5.91. The molecule has 0 spiro atoms. The second kappa shape index (κ2) is 6.40. The monoisotopic (exact) mass is 229 g/mol. The third-order valence-corrected chi connectivity index (χ3v) is 2.37. The fraction of sp³-hybridized carbons (Fsp3) is 0.455. The molecule has 1 N–H and O–H groups in total. The zero-order valence-corrected chi connectivity index (χ0v) is 9.97. The molecule has 84 valence electrons. The molecule has 0 saturated heterocycles. The van der Waals surface area contributed by atoms with Crippen LogP contribution in [0.3, 0.4) is 0 Å². The van der Waals surface area contributed by atoms with Gasteiger partial charge < -0.3 is 5.32 Å². The number of nitrogens with one attached hydrogen (secondary N) is 1. The van der Waals surface area contributed by atoms with Crippen LogP contribution in [0.25, 0.3) is 0 Å². The van der Waals surface area contributed by atoms with Gasteiger partial charge in [-0.1, -0.05) is 12.7 Å². The van der Waals surface area contributed by atoms with E-state index < -0.39 is 5.92 Å². The first-order valence-corrected chi connectivity index (χ1v) is 5.09. The van der Waals surface area contributed by atoms with Gasteiger partial charge in [0, 0.05) is 11.1 Å². The summed E-state index contributed by atoms with van der Waals surface area (Å²) in [5.41, 5.74) is 1.08. The van der Waals surface area contributed by atoms with Crippen LogP contribution >= 0.6 is 11.6 Å². The Morgan fingerprint density at radius 1 is 1.53 bits per heavy atom. The maximum Gasteiger partial charge on any atom is 0.211 e. The third kappa shape index (κ3) is 3.88. The van der Waals surface area contributed by atoms with Crippen molar-refractivity contribution >= 4 is 23.8 Å². The number of hydrogen-bond acceptors (Lipinski definition) is 2. The molecule has 1 amide bonds. The minimum atomic E-state index is -0.467. The summed E-state index contributed by atoms with van der Waals surface area (Å²) in [6.45, 7) is 8.74. The minimum absolute atomic E-state index is 0.0606. The van der Waals surface area contributed by atoms with E-state index in [9.17, 15) is 9.59 Å². The lowest BCUT2D eigenvalue weighted by molar-refractivity contribution is -0.119. The van der Waals surface area contributed by atoms with Crippen molar-refractivity contribution in [3.8, 4) is 0 Å². The number of carbonyl (C=O) groups is 2. The number of alkyl halides is 1. The molecular formula is C11H16ClNO2. The van der Waals surface area contributed by atoms with E-state index >= 15 is 0 Å². The van der Waals surface area contributed by atoms with Gasteiger partial charge in [-0.2, -0.15) is 0 Å². The van der Waals surface area contributed by atoms with Gasteiger partial charge in [-0.15, -0.1) is 11.6 Å². The lowest BCUT2D eigenvalue weighted by Gasteiger charge is -2.20. The van der Waals surface area contributed by atoms with Crippen LogP contribution in [-0.4, -0.2) is 17.6 Å². The maximum absolute atomic E-state index is 11.4. The molecule has 0 aromatic heterocycles. The molecule has 2 atom stereocenters. The van der Waals surface area contributed by atoms with Crippen molar-refractivity contribution in [2.24, 2.45) is 5.92 Å². The zero-order chi connectivity index (χ0) is 12.0. The molecule has 0 aliphatic rings. The molecule has 0 heterocycles. The molecule has 0 radical (unpaired) electrons. The highest BCUT2D eigenvalue weighted by Gasteiger charge is 2.25. The summed E-state index contributed by atoms with van der Waals surface area (Å²) in [5.74, 6) is -0.528. The average molecular weight is 230 g/mol. The highest BCUT2D eigenvalue weighted by atomic mass is 35.5. The second-order valence-corrected chi connectivity index (χ2v) is 3.94. The summed E-state index contributed by atoms with van der Waals surface area (Å²) in [6.07, 6.45) is 2.24. The fourth-order valence-corrected chi connectivity index (χ4v) is 1.77. The van der Waals surface area contributed by atoms with Crippen molar-refractivity contribution < 1.29 is 9.59 Å². The van der Waals surface area contributed by atoms with Crippen LogP contribution in [-0.2, 0) is 9.59 Å². The smallest absolute Gasteiger partial charge is 0.211 e. The standard InChI is InChI=1S/C11H16ClNO2/c1-5-10(13-6-14)7(2)11(8(3)12)9(4)15/h5-6,8,11H,2H2,1,3-4H3,(H,13,14)/b10-5+/t8-,11?/m1/s1. The van der Waals surface area contributed by atoms with Gasteiger partial charge in [0.25, 0.3) is 0 Å². The SMILES string of the molecule is C=C(/C(=C\C)NC=O)C(C(C)=O)[C@@H](C)Cl. The first-order chi connectivity index (χ1) is 6.95. The van der Waals surface area contributed by atoms with Crippen LogP contribution in [0.15, 0.2) is 23.9 Å². The molecule has 0 aromatic rings. The number of halogens is 1. The Labute approximate surface area is 95.2 Å². The average Bonchev–Trinajstić information content (AvgIpc) is 2.12. The van der Waals surface area contributed by atoms with Crippen LogP contribution in [0.2, 0.25) is 0 Å². The van der Waals surface area contributed by atoms with Crippen molar-refractivity contribution in [2.45, 2.75) is 26.1 Å². The summed E-state index contributed by atoms with van der Waals surface area (Å²) in [5, 5.41) is 2.14. The third-order valence-electron chi connectivity index (χ3n) is 2.12. The fourth-order valence-electron chi connectivity index (χ4n) is 1.44. The number of hydrogen-bond donors (Lipinski definition) is 1. The number of allylic oxidation sites excluding steroid dienone is 2. The van der Waals surface area contributed by atoms with Crippen LogP contribution in [0.5, 0.6) is 0 Å². The van der Waals surface area contributed by atoms with Gasteiger partial charge in [0.1, 0.15) is 5.78 Å². The quantitative estimate of drug-likeness (QED) is 0.430. The summed E-state index contributed by atoms with van der Waals surface area (Å²) in [4.78, 5) is 21.7. The number of carbonyl (C=O) groups excluding carboxylic acids is 2. The van der Waals surface area contributed by atoms with Crippen molar-refractivity contribution in [3.63, 3.8) is 0 Å². The normalized spacial score (nSPS) is 15.3. The van der Waals surface area contributed by atoms with E-state index in [4.69, 9.17) is 11.6 Å². The molecule has 0 rings (SSSR count). The van der Waals surface area contributed by atoms with Gasteiger partial charge in [-0.3, -0.25) is 9.59 Å². The second-order valence-electron chi connectivity index (χ2n) is 3.26. The Bertz CT molecular complexity index is 295. The molecule has 0 aromatic carbocycles. The molecule has 0 bridgehead atoms. The van der Waals surface area contributed by atoms with Crippen LogP contribution in [0, 0.1) is 5.92 Å². The van der Waals surface area contributed by atoms with Gasteiger partial charge in [-0.05, 0) is 26.3 Å². The van der Waals surface area contributed by atoms with Gasteiger partial charge in [0.2, 0.25) is 6.41 Å². The first-order valence-electron chi connectivity index (χ1n) is 4.65. The van der Waals surface area contributed by atoms with E-state index in [0.717, 1.165) is 0 Å². The van der Waals surface area contributed by atoms with E-state index in [1.54, 1.807) is 19.9 Å². The minimum Gasteiger partial charge on any atom is -0.329 e. The Hall–Kier alpha value is -1.09. The highest BCUT2D eigenvalue weighted by Crippen LogP contribution is 2.24. The van der Waals surface area contributed by atoms with E-state index in [0.29, 0.717) is 17.7 Å². The molecule has 0 aliphatic heterocycles.